The van der Waals surface area contributed by atoms with E-state index >= 15 is 0 Å². The molecule has 1 atom stereocenters. The van der Waals surface area contributed by atoms with Crippen molar-refractivity contribution in [1.82, 2.24) is 5.32 Å². The summed E-state index contributed by atoms with van der Waals surface area (Å²) < 4.78 is 10.4. The summed E-state index contributed by atoms with van der Waals surface area (Å²) in [6.45, 7) is 13.1. The lowest BCUT2D eigenvalue weighted by atomic mass is 9.82. The van der Waals surface area contributed by atoms with E-state index in [-0.39, 0.29) is 12.3 Å². The molecule has 22 heavy (non-hydrogen) atoms. The van der Waals surface area contributed by atoms with Crippen LogP contribution in [0.5, 0.6) is 0 Å². The van der Waals surface area contributed by atoms with Crippen LogP contribution in [-0.2, 0) is 14.3 Å². The van der Waals surface area contributed by atoms with Crippen molar-refractivity contribution >= 4 is 12.1 Å². The first kappa shape index (κ1) is 20.4. The summed E-state index contributed by atoms with van der Waals surface area (Å²) >= 11 is 0. The molecule has 0 rings (SSSR count). The fraction of sp³-hybridized carbons (Fsp3) is 0.750. The number of rotatable bonds is 9. The number of hydrogen-bond donors (Lipinski definition) is 2. The molecule has 0 aliphatic heterocycles. The quantitative estimate of drug-likeness (QED) is 0.505. The van der Waals surface area contributed by atoms with Crippen molar-refractivity contribution in [2.24, 2.45) is 5.92 Å². The zero-order valence-corrected chi connectivity index (χ0v) is 14.3. The van der Waals surface area contributed by atoms with Crippen LogP contribution in [0.15, 0.2) is 12.7 Å². The number of ether oxygens (including phenoxy) is 2. The molecule has 6 nitrogen and oxygen atoms in total. The summed E-state index contributed by atoms with van der Waals surface area (Å²) in [5, 5.41) is 12.2. The number of nitrogens with one attached hydrogen (secondary N) is 1. The van der Waals surface area contributed by atoms with Gasteiger partial charge in [0.2, 0.25) is 0 Å². The van der Waals surface area contributed by atoms with E-state index in [0.29, 0.717) is 19.6 Å². The number of carboxylic acid groups (broad SMARTS) is 1. The maximum atomic E-state index is 12.0. The molecule has 6 heteroatoms. The third-order valence-corrected chi connectivity index (χ3v) is 3.19. The summed E-state index contributed by atoms with van der Waals surface area (Å²) in [5.74, 6) is -1.37. The van der Waals surface area contributed by atoms with Gasteiger partial charge < -0.3 is 19.9 Å². The fourth-order valence-electron chi connectivity index (χ4n) is 2.01. The molecule has 0 aromatic rings. The number of aliphatic carboxylic acids is 1. The summed E-state index contributed by atoms with van der Waals surface area (Å²) in [6.07, 6.45) is 1.67. The molecule has 0 aliphatic carbocycles. The lowest BCUT2D eigenvalue weighted by Gasteiger charge is -2.35. The Labute approximate surface area is 132 Å². The van der Waals surface area contributed by atoms with E-state index < -0.39 is 23.2 Å². The predicted octanol–water partition coefficient (Wildman–Crippen LogP) is 2.97. The first-order valence-corrected chi connectivity index (χ1v) is 7.48. The van der Waals surface area contributed by atoms with Gasteiger partial charge in [-0.2, -0.15) is 0 Å². The molecule has 0 unspecified atom stereocenters. The van der Waals surface area contributed by atoms with Crippen molar-refractivity contribution in [3.63, 3.8) is 0 Å². The summed E-state index contributed by atoms with van der Waals surface area (Å²) in [7, 11) is 0. The van der Waals surface area contributed by atoms with E-state index in [1.807, 2.05) is 0 Å². The van der Waals surface area contributed by atoms with Crippen LogP contribution in [0.25, 0.3) is 0 Å². The normalized spacial score (nSPS) is 14.3. The van der Waals surface area contributed by atoms with Crippen LogP contribution in [0.1, 0.15) is 47.5 Å². The van der Waals surface area contributed by atoms with E-state index in [2.05, 4.69) is 11.9 Å². The highest BCUT2D eigenvalue weighted by molar-refractivity contribution is 5.84. The minimum atomic E-state index is -1.38. The molecule has 0 fully saturated rings. The first-order chi connectivity index (χ1) is 10.0. The molecule has 2 N–H and O–H groups in total. The third-order valence-electron chi connectivity index (χ3n) is 3.19. The highest BCUT2D eigenvalue weighted by atomic mass is 16.6. The highest BCUT2D eigenvalue weighted by Gasteiger charge is 2.43. The number of carboxylic acids is 1. The molecule has 0 saturated carbocycles. The van der Waals surface area contributed by atoms with Crippen molar-refractivity contribution in [3.8, 4) is 0 Å². The van der Waals surface area contributed by atoms with E-state index in [1.54, 1.807) is 40.7 Å². The van der Waals surface area contributed by atoms with Gasteiger partial charge >= 0.3 is 12.1 Å². The van der Waals surface area contributed by atoms with Crippen LogP contribution < -0.4 is 5.32 Å². The highest BCUT2D eigenvalue weighted by Crippen LogP contribution is 2.24. The number of hydrogen-bond acceptors (Lipinski definition) is 4. The Morgan fingerprint density at radius 3 is 2.32 bits per heavy atom. The lowest BCUT2D eigenvalue weighted by molar-refractivity contribution is -0.147. The zero-order valence-electron chi connectivity index (χ0n) is 14.3. The van der Waals surface area contributed by atoms with Gasteiger partial charge in [0.15, 0.2) is 0 Å². The van der Waals surface area contributed by atoms with Gasteiger partial charge in [0.25, 0.3) is 0 Å². The Morgan fingerprint density at radius 1 is 1.32 bits per heavy atom. The second-order valence-corrected chi connectivity index (χ2v) is 6.53. The molecule has 0 aromatic heterocycles. The van der Waals surface area contributed by atoms with Crippen LogP contribution in [0.2, 0.25) is 0 Å². The maximum absolute atomic E-state index is 12.0. The summed E-state index contributed by atoms with van der Waals surface area (Å²) in [4.78, 5) is 23.7. The second-order valence-electron chi connectivity index (χ2n) is 6.53. The second kappa shape index (κ2) is 8.78. The van der Waals surface area contributed by atoms with Gasteiger partial charge in [-0.05, 0) is 39.5 Å². The van der Waals surface area contributed by atoms with Gasteiger partial charge in [-0.15, -0.1) is 6.58 Å². The van der Waals surface area contributed by atoms with E-state index in [1.165, 1.54) is 0 Å². The molecule has 0 aliphatic rings. The third kappa shape index (κ3) is 6.93. The van der Waals surface area contributed by atoms with Crippen LogP contribution in [0.3, 0.4) is 0 Å². The molecule has 0 radical (unpaired) electrons. The smallest absolute Gasteiger partial charge is 0.408 e. The van der Waals surface area contributed by atoms with Crippen molar-refractivity contribution in [2.75, 3.05) is 13.2 Å². The van der Waals surface area contributed by atoms with Crippen LogP contribution >= 0.6 is 0 Å². The predicted molar refractivity (Wildman–Crippen MR) is 84.8 cm³/mol. The Morgan fingerprint density at radius 2 is 1.91 bits per heavy atom. The molecule has 1 amide bonds. The van der Waals surface area contributed by atoms with E-state index in [4.69, 9.17) is 9.47 Å². The molecule has 0 heterocycles. The average Bonchev–Trinajstić information content (AvgIpc) is 2.34. The topological polar surface area (TPSA) is 84.9 Å². The molecule has 0 aromatic carbocycles. The van der Waals surface area contributed by atoms with Gasteiger partial charge in [-0.1, -0.05) is 19.9 Å². The van der Waals surface area contributed by atoms with Crippen LogP contribution in [0.4, 0.5) is 4.79 Å². The Balaban J connectivity index is 4.90. The SMILES string of the molecule is C=CCOCCC[C@@](NC(=O)OC(C)(C)C)(C(=O)O)C(C)C. The molecular weight excluding hydrogens is 286 g/mol. The van der Waals surface area contributed by atoms with Gasteiger partial charge in [-0.3, -0.25) is 0 Å². The maximum Gasteiger partial charge on any atom is 0.408 e. The van der Waals surface area contributed by atoms with Crippen molar-refractivity contribution in [3.05, 3.63) is 12.7 Å². The standard InChI is InChI=1S/C16H29NO5/c1-7-10-21-11-8-9-16(12(2)3,13(18)19)17-14(20)22-15(4,5)6/h7,12H,1,8-11H2,2-6H3,(H,17,20)(H,18,19)/t16-/m0/s1. The fourth-order valence-corrected chi connectivity index (χ4v) is 2.01. The molecule has 0 saturated heterocycles. The summed E-state index contributed by atoms with van der Waals surface area (Å²) in [5.41, 5.74) is -2.06. The largest absolute Gasteiger partial charge is 0.479 e. The number of carbonyl (C=O) groups excluding carboxylic acids is 1. The first-order valence-electron chi connectivity index (χ1n) is 7.48. The molecule has 0 spiro atoms. The Kier molecular flexibility index (Phi) is 8.16. The van der Waals surface area contributed by atoms with E-state index in [9.17, 15) is 14.7 Å². The Bertz CT molecular complexity index is 386. The number of amides is 1. The van der Waals surface area contributed by atoms with E-state index in [0.717, 1.165) is 0 Å². The monoisotopic (exact) mass is 315 g/mol. The number of carbonyl (C=O) groups is 2. The lowest BCUT2D eigenvalue weighted by Crippen LogP contribution is -2.59. The minimum Gasteiger partial charge on any atom is -0.479 e. The number of alkyl carbamates (subject to hydrolysis) is 1. The van der Waals surface area contributed by atoms with Crippen molar-refractivity contribution in [2.45, 2.75) is 58.6 Å². The average molecular weight is 315 g/mol. The van der Waals surface area contributed by atoms with Crippen LogP contribution in [-0.4, -0.2) is 41.5 Å². The zero-order chi connectivity index (χ0) is 17.4. The molecular formula is C16H29NO5. The van der Waals surface area contributed by atoms with Gasteiger partial charge in [0.1, 0.15) is 11.1 Å². The summed E-state index contributed by atoms with van der Waals surface area (Å²) in [6, 6.07) is 0. The Hall–Kier alpha value is -1.56. The molecule has 128 valence electrons. The van der Waals surface area contributed by atoms with Gasteiger partial charge in [0.05, 0.1) is 6.61 Å². The van der Waals surface area contributed by atoms with Gasteiger partial charge in [-0.25, -0.2) is 9.59 Å². The minimum absolute atomic E-state index is 0.260. The van der Waals surface area contributed by atoms with Crippen molar-refractivity contribution < 1.29 is 24.2 Å². The van der Waals surface area contributed by atoms with Gasteiger partial charge in [0, 0.05) is 6.61 Å². The molecule has 0 bridgehead atoms. The van der Waals surface area contributed by atoms with Crippen LogP contribution in [0, 0.1) is 5.92 Å². The van der Waals surface area contributed by atoms with Crippen molar-refractivity contribution in [1.29, 1.82) is 0 Å².